The zero-order valence-corrected chi connectivity index (χ0v) is 15.4. The number of amides is 1. The summed E-state index contributed by atoms with van der Waals surface area (Å²) in [5, 5.41) is 5.27. The summed E-state index contributed by atoms with van der Waals surface area (Å²) in [6.45, 7) is 3.94. The Morgan fingerprint density at radius 1 is 1.19 bits per heavy atom. The minimum Gasteiger partial charge on any atom is -0.352 e. The lowest BCUT2D eigenvalue weighted by molar-refractivity contribution is 0.102. The normalized spacial score (nSPS) is 11.2. The Morgan fingerprint density at radius 2 is 2.08 bits per heavy atom. The number of thioether (sulfide) groups is 1. The van der Waals surface area contributed by atoms with Gasteiger partial charge in [-0.25, -0.2) is 0 Å². The molecule has 0 aliphatic carbocycles. The quantitative estimate of drug-likeness (QED) is 0.512. The van der Waals surface area contributed by atoms with Gasteiger partial charge in [0.25, 0.3) is 5.91 Å². The van der Waals surface area contributed by atoms with Crippen molar-refractivity contribution < 1.29 is 4.79 Å². The molecule has 1 aromatic carbocycles. The molecule has 0 aliphatic rings. The fourth-order valence-electron chi connectivity index (χ4n) is 3.11. The highest BCUT2D eigenvalue weighted by atomic mass is 32.2. The number of anilines is 1. The summed E-state index contributed by atoms with van der Waals surface area (Å²) in [6, 6.07) is 9.71. The molecule has 1 amide bonds. The maximum atomic E-state index is 12.9. The van der Waals surface area contributed by atoms with Crippen LogP contribution in [0.3, 0.4) is 0 Å². The molecule has 4 aromatic rings. The molecule has 0 aliphatic heterocycles. The van der Waals surface area contributed by atoms with E-state index in [1.807, 2.05) is 13.0 Å². The summed E-state index contributed by atoms with van der Waals surface area (Å²) in [4.78, 5) is 25.7. The molecule has 0 spiro atoms. The van der Waals surface area contributed by atoms with Crippen molar-refractivity contribution in [2.45, 2.75) is 18.7 Å². The van der Waals surface area contributed by atoms with E-state index in [4.69, 9.17) is 0 Å². The number of aromatic amines is 1. The SMILES string of the molecule is CCSc1ccc2c([nH]c3cnccc32)c1NC(=O)c1cccnc1C. The number of aromatic nitrogens is 3. The smallest absolute Gasteiger partial charge is 0.257 e. The van der Waals surface area contributed by atoms with Gasteiger partial charge in [0.1, 0.15) is 0 Å². The number of fused-ring (bicyclic) bond motifs is 3. The predicted octanol–water partition coefficient (Wildman–Crippen LogP) is 4.78. The zero-order valence-electron chi connectivity index (χ0n) is 14.5. The fourth-order valence-corrected chi connectivity index (χ4v) is 3.88. The number of nitrogens with zero attached hydrogens (tertiary/aromatic N) is 2. The van der Waals surface area contributed by atoms with Crippen molar-refractivity contribution in [3.05, 3.63) is 60.2 Å². The van der Waals surface area contributed by atoms with Crippen LogP contribution in [0.5, 0.6) is 0 Å². The molecule has 0 saturated carbocycles. The van der Waals surface area contributed by atoms with E-state index in [2.05, 4.69) is 39.3 Å². The molecule has 5 nitrogen and oxygen atoms in total. The van der Waals surface area contributed by atoms with Crippen LogP contribution < -0.4 is 5.32 Å². The van der Waals surface area contributed by atoms with Crippen molar-refractivity contribution in [2.75, 3.05) is 11.1 Å². The molecule has 3 aromatic heterocycles. The summed E-state index contributed by atoms with van der Waals surface area (Å²) in [6.07, 6.45) is 5.27. The largest absolute Gasteiger partial charge is 0.352 e. The lowest BCUT2D eigenvalue weighted by Gasteiger charge is -2.12. The molecule has 2 N–H and O–H groups in total. The summed E-state index contributed by atoms with van der Waals surface area (Å²) in [7, 11) is 0. The van der Waals surface area contributed by atoms with Crippen LogP contribution in [0.25, 0.3) is 21.8 Å². The Bertz CT molecular complexity index is 1120. The maximum Gasteiger partial charge on any atom is 0.257 e. The molecule has 0 radical (unpaired) electrons. The van der Waals surface area contributed by atoms with Crippen molar-refractivity contribution in [3.8, 4) is 0 Å². The van der Waals surface area contributed by atoms with E-state index < -0.39 is 0 Å². The summed E-state index contributed by atoms with van der Waals surface area (Å²) >= 11 is 1.70. The Morgan fingerprint density at radius 3 is 2.88 bits per heavy atom. The molecule has 26 heavy (non-hydrogen) atoms. The molecular formula is C20H18N4OS. The van der Waals surface area contributed by atoms with Gasteiger partial charge in [-0.3, -0.25) is 14.8 Å². The number of pyridine rings is 2. The fraction of sp³-hybridized carbons (Fsp3) is 0.150. The third-order valence-electron chi connectivity index (χ3n) is 4.33. The molecule has 0 unspecified atom stereocenters. The summed E-state index contributed by atoms with van der Waals surface area (Å²) in [5.41, 5.74) is 3.96. The van der Waals surface area contributed by atoms with E-state index in [9.17, 15) is 4.79 Å². The number of nitrogens with one attached hydrogen (secondary N) is 2. The van der Waals surface area contributed by atoms with Crippen molar-refractivity contribution in [3.63, 3.8) is 0 Å². The van der Waals surface area contributed by atoms with E-state index >= 15 is 0 Å². The van der Waals surface area contributed by atoms with Crippen molar-refractivity contribution in [2.24, 2.45) is 0 Å². The number of carbonyl (C=O) groups excluding carboxylic acids is 1. The van der Waals surface area contributed by atoms with Gasteiger partial charge >= 0.3 is 0 Å². The lowest BCUT2D eigenvalue weighted by atomic mass is 10.1. The Hall–Kier alpha value is -2.86. The molecule has 4 rings (SSSR count). The average molecular weight is 362 g/mol. The van der Waals surface area contributed by atoms with Gasteiger partial charge < -0.3 is 10.3 Å². The van der Waals surface area contributed by atoms with E-state index in [1.54, 1.807) is 42.5 Å². The van der Waals surface area contributed by atoms with Crippen LogP contribution in [0.1, 0.15) is 23.0 Å². The molecule has 0 saturated heterocycles. The van der Waals surface area contributed by atoms with Gasteiger partial charge in [-0.1, -0.05) is 13.0 Å². The maximum absolute atomic E-state index is 12.9. The van der Waals surface area contributed by atoms with Gasteiger partial charge in [-0.2, -0.15) is 0 Å². The number of rotatable bonds is 4. The molecule has 6 heteroatoms. The van der Waals surface area contributed by atoms with Gasteiger partial charge in [-0.15, -0.1) is 11.8 Å². The monoisotopic (exact) mass is 362 g/mol. The first kappa shape index (κ1) is 16.6. The topological polar surface area (TPSA) is 70.7 Å². The van der Waals surface area contributed by atoms with Gasteiger partial charge in [0.05, 0.1) is 28.5 Å². The van der Waals surface area contributed by atoms with Gasteiger partial charge in [0.2, 0.25) is 0 Å². The Labute approximate surface area is 155 Å². The molecule has 0 atom stereocenters. The van der Waals surface area contributed by atoms with Crippen molar-refractivity contribution in [1.29, 1.82) is 0 Å². The first-order chi connectivity index (χ1) is 12.7. The third-order valence-corrected chi connectivity index (χ3v) is 5.27. The number of hydrogen-bond donors (Lipinski definition) is 2. The Balaban J connectivity index is 1.87. The molecule has 3 heterocycles. The predicted molar refractivity (Wildman–Crippen MR) is 107 cm³/mol. The van der Waals surface area contributed by atoms with E-state index in [-0.39, 0.29) is 5.91 Å². The van der Waals surface area contributed by atoms with E-state index in [1.165, 1.54) is 0 Å². The van der Waals surface area contributed by atoms with Crippen LogP contribution in [0.4, 0.5) is 5.69 Å². The number of benzene rings is 1. The van der Waals surface area contributed by atoms with Crippen LogP contribution in [0, 0.1) is 6.92 Å². The standard InChI is InChI=1S/C20H18N4OS/c1-3-26-17-7-6-15-14-8-10-21-11-16(14)23-18(15)19(17)24-20(25)13-5-4-9-22-12(13)2/h4-11,23H,3H2,1-2H3,(H,24,25). The van der Waals surface area contributed by atoms with E-state index in [0.29, 0.717) is 11.3 Å². The Kier molecular flexibility index (Phi) is 4.34. The second-order valence-electron chi connectivity index (χ2n) is 5.93. The van der Waals surface area contributed by atoms with Crippen LogP contribution >= 0.6 is 11.8 Å². The molecule has 0 bridgehead atoms. The van der Waals surface area contributed by atoms with Gasteiger partial charge in [-0.05, 0) is 36.9 Å². The number of aryl methyl sites for hydroxylation is 1. The van der Waals surface area contributed by atoms with E-state index in [0.717, 1.165) is 38.1 Å². The van der Waals surface area contributed by atoms with Crippen LogP contribution in [-0.4, -0.2) is 26.6 Å². The minimum atomic E-state index is -0.155. The molecular weight excluding hydrogens is 344 g/mol. The molecule has 0 fully saturated rings. The van der Waals surface area contributed by atoms with Gasteiger partial charge in [0.15, 0.2) is 0 Å². The molecule has 130 valence electrons. The van der Waals surface area contributed by atoms with Crippen LogP contribution in [0.15, 0.2) is 53.8 Å². The minimum absolute atomic E-state index is 0.155. The highest BCUT2D eigenvalue weighted by Gasteiger charge is 2.17. The highest BCUT2D eigenvalue weighted by Crippen LogP contribution is 2.37. The zero-order chi connectivity index (χ0) is 18.1. The number of H-pyrrole nitrogens is 1. The second kappa shape index (κ2) is 6.80. The van der Waals surface area contributed by atoms with Crippen molar-refractivity contribution in [1.82, 2.24) is 15.0 Å². The first-order valence-electron chi connectivity index (χ1n) is 8.43. The number of carbonyl (C=O) groups is 1. The first-order valence-corrected chi connectivity index (χ1v) is 9.41. The highest BCUT2D eigenvalue weighted by molar-refractivity contribution is 7.99. The summed E-state index contributed by atoms with van der Waals surface area (Å²) in [5.74, 6) is 0.764. The average Bonchev–Trinajstić information content (AvgIpc) is 3.03. The second-order valence-corrected chi connectivity index (χ2v) is 7.24. The lowest BCUT2D eigenvalue weighted by Crippen LogP contribution is -2.15. The number of hydrogen-bond acceptors (Lipinski definition) is 4. The van der Waals surface area contributed by atoms with Crippen LogP contribution in [0.2, 0.25) is 0 Å². The van der Waals surface area contributed by atoms with Crippen LogP contribution in [-0.2, 0) is 0 Å². The van der Waals surface area contributed by atoms with Crippen molar-refractivity contribution >= 4 is 45.2 Å². The third kappa shape index (κ3) is 2.82. The summed E-state index contributed by atoms with van der Waals surface area (Å²) < 4.78 is 0. The van der Waals surface area contributed by atoms with Gasteiger partial charge in [0, 0.05) is 33.8 Å².